The molecule has 3 rings (SSSR count). The zero-order valence-electron chi connectivity index (χ0n) is 14.5. The Morgan fingerprint density at radius 1 is 1.18 bits per heavy atom. The van der Waals surface area contributed by atoms with Crippen molar-refractivity contribution in [1.82, 2.24) is 5.32 Å². The zero-order valence-corrected chi connectivity index (χ0v) is 15.2. The van der Waals surface area contributed by atoms with Gasteiger partial charge in [-0.05, 0) is 17.7 Å². The molecule has 2 aromatic rings. The van der Waals surface area contributed by atoms with Crippen molar-refractivity contribution in [2.45, 2.75) is 6.54 Å². The van der Waals surface area contributed by atoms with Gasteiger partial charge in [-0.3, -0.25) is 14.9 Å². The van der Waals surface area contributed by atoms with Crippen LogP contribution < -0.4 is 14.8 Å². The lowest BCUT2D eigenvalue weighted by atomic mass is 10.1. The fourth-order valence-corrected chi connectivity index (χ4v) is 2.71. The van der Waals surface area contributed by atoms with Crippen molar-refractivity contribution < 1.29 is 28.7 Å². The van der Waals surface area contributed by atoms with Gasteiger partial charge in [-0.15, -0.1) is 0 Å². The molecular formula is C18H15ClN2O7. The molecule has 0 aliphatic carbocycles. The van der Waals surface area contributed by atoms with Crippen molar-refractivity contribution in [3.8, 4) is 11.5 Å². The van der Waals surface area contributed by atoms with Gasteiger partial charge in [0.15, 0.2) is 18.1 Å². The molecule has 1 N–H and O–H groups in total. The van der Waals surface area contributed by atoms with Crippen LogP contribution in [0.3, 0.4) is 0 Å². The number of hydrogen-bond donors (Lipinski definition) is 1. The van der Waals surface area contributed by atoms with Gasteiger partial charge in [0.25, 0.3) is 11.6 Å². The highest BCUT2D eigenvalue weighted by Crippen LogP contribution is 2.36. The maximum atomic E-state index is 12.3. The highest BCUT2D eigenvalue weighted by Gasteiger charge is 2.27. The number of amides is 1. The van der Waals surface area contributed by atoms with Crippen molar-refractivity contribution in [3.05, 3.63) is 62.7 Å². The molecule has 1 aliphatic heterocycles. The molecule has 1 amide bonds. The van der Waals surface area contributed by atoms with Gasteiger partial charge in [-0.1, -0.05) is 23.7 Å². The molecule has 0 saturated heterocycles. The van der Waals surface area contributed by atoms with Gasteiger partial charge >= 0.3 is 5.97 Å². The molecule has 9 nitrogen and oxygen atoms in total. The molecule has 2 aromatic carbocycles. The maximum Gasteiger partial charge on any atom is 0.345 e. The molecule has 0 fully saturated rings. The number of fused-ring (bicyclic) bond motifs is 1. The molecule has 0 aromatic heterocycles. The Kier molecular flexibility index (Phi) is 5.95. The molecule has 146 valence electrons. The summed E-state index contributed by atoms with van der Waals surface area (Å²) >= 11 is 5.87. The summed E-state index contributed by atoms with van der Waals surface area (Å²) in [7, 11) is 0. The van der Waals surface area contributed by atoms with E-state index in [0.29, 0.717) is 5.02 Å². The number of nitro groups is 1. The minimum absolute atomic E-state index is 0.175. The lowest BCUT2D eigenvalue weighted by Crippen LogP contribution is -2.28. The lowest BCUT2D eigenvalue weighted by Gasteiger charge is -2.18. The van der Waals surface area contributed by atoms with Crippen LogP contribution in [0.15, 0.2) is 36.4 Å². The molecule has 0 radical (unpaired) electrons. The number of carbonyl (C=O) groups excluding carboxylic acids is 2. The standard InChI is InChI=1S/C18H15ClN2O7/c19-12-3-1-2-11(6-12)9-20-17(22)10-28-18(23)13-7-15-16(27-5-4-26-15)8-14(13)21(24)25/h1-3,6-8H,4-5,9-10H2,(H,20,22). The Labute approximate surface area is 164 Å². The third kappa shape index (κ3) is 4.68. The van der Waals surface area contributed by atoms with E-state index < -0.39 is 29.1 Å². The van der Waals surface area contributed by atoms with Gasteiger partial charge in [0.1, 0.15) is 18.8 Å². The van der Waals surface area contributed by atoms with E-state index in [2.05, 4.69) is 5.32 Å². The molecule has 0 atom stereocenters. The summed E-state index contributed by atoms with van der Waals surface area (Å²) in [6.07, 6.45) is 0. The Hall–Kier alpha value is -3.33. The number of rotatable bonds is 6. The summed E-state index contributed by atoms with van der Waals surface area (Å²) in [5.74, 6) is -1.20. The highest BCUT2D eigenvalue weighted by atomic mass is 35.5. The average molecular weight is 407 g/mol. The number of halogens is 1. The number of ether oxygens (including phenoxy) is 3. The van der Waals surface area contributed by atoms with E-state index in [-0.39, 0.29) is 36.8 Å². The molecule has 10 heteroatoms. The van der Waals surface area contributed by atoms with Crippen LogP contribution in [0.25, 0.3) is 0 Å². The summed E-state index contributed by atoms with van der Waals surface area (Å²) in [6.45, 7) is 0.109. The van der Waals surface area contributed by atoms with Crippen LogP contribution in [0.4, 0.5) is 5.69 Å². The third-order valence-electron chi connectivity index (χ3n) is 3.79. The van der Waals surface area contributed by atoms with Gasteiger partial charge in [0.2, 0.25) is 0 Å². The quantitative estimate of drug-likeness (QED) is 0.445. The normalized spacial score (nSPS) is 12.2. The van der Waals surface area contributed by atoms with Crippen LogP contribution in [0.5, 0.6) is 11.5 Å². The monoisotopic (exact) mass is 406 g/mol. The van der Waals surface area contributed by atoms with Crippen LogP contribution in [0, 0.1) is 10.1 Å². The maximum absolute atomic E-state index is 12.3. The number of nitrogens with one attached hydrogen (secondary N) is 1. The molecule has 1 heterocycles. The molecule has 0 saturated carbocycles. The van der Waals surface area contributed by atoms with E-state index in [4.69, 9.17) is 25.8 Å². The second-order valence-electron chi connectivity index (χ2n) is 5.75. The summed E-state index contributed by atoms with van der Waals surface area (Å²) in [5, 5.41) is 14.3. The van der Waals surface area contributed by atoms with Crippen molar-refractivity contribution >= 4 is 29.2 Å². The SMILES string of the molecule is O=C(COC(=O)c1cc2c(cc1[N+](=O)[O-])OCCO2)NCc1cccc(Cl)c1. The van der Waals surface area contributed by atoms with E-state index in [1.54, 1.807) is 24.3 Å². The smallest absolute Gasteiger partial charge is 0.345 e. The van der Waals surface area contributed by atoms with E-state index in [9.17, 15) is 19.7 Å². The first-order valence-electron chi connectivity index (χ1n) is 8.20. The summed E-state index contributed by atoms with van der Waals surface area (Å²) < 4.78 is 15.5. The van der Waals surface area contributed by atoms with Gasteiger partial charge < -0.3 is 19.5 Å². The molecule has 1 aliphatic rings. The van der Waals surface area contributed by atoms with Crippen LogP contribution in [0.1, 0.15) is 15.9 Å². The first kappa shape index (κ1) is 19.4. The van der Waals surface area contributed by atoms with Crippen molar-refractivity contribution in [3.63, 3.8) is 0 Å². The first-order valence-corrected chi connectivity index (χ1v) is 8.58. The average Bonchev–Trinajstić information content (AvgIpc) is 2.69. The number of hydrogen-bond acceptors (Lipinski definition) is 7. The number of carbonyl (C=O) groups is 2. The fourth-order valence-electron chi connectivity index (χ4n) is 2.50. The van der Waals surface area contributed by atoms with Crippen molar-refractivity contribution in [2.75, 3.05) is 19.8 Å². The van der Waals surface area contributed by atoms with E-state index in [0.717, 1.165) is 11.6 Å². The molecule has 28 heavy (non-hydrogen) atoms. The van der Waals surface area contributed by atoms with E-state index in [1.807, 2.05) is 0 Å². The summed E-state index contributed by atoms with van der Waals surface area (Å²) in [4.78, 5) is 34.7. The minimum atomic E-state index is -1.01. The number of nitrogens with zero attached hydrogens (tertiary/aromatic N) is 1. The summed E-state index contributed by atoms with van der Waals surface area (Å²) in [5.41, 5.74) is -0.0415. The van der Waals surface area contributed by atoms with Gasteiger partial charge in [0, 0.05) is 17.6 Å². The Morgan fingerprint density at radius 3 is 2.57 bits per heavy atom. The summed E-state index contributed by atoms with van der Waals surface area (Å²) in [6, 6.07) is 9.19. The van der Waals surface area contributed by atoms with Crippen LogP contribution in [0.2, 0.25) is 5.02 Å². The van der Waals surface area contributed by atoms with Crippen LogP contribution >= 0.6 is 11.6 Å². The number of benzene rings is 2. The van der Waals surface area contributed by atoms with Gasteiger partial charge in [-0.2, -0.15) is 0 Å². The first-order chi connectivity index (χ1) is 13.4. The largest absolute Gasteiger partial charge is 0.486 e. The van der Waals surface area contributed by atoms with Gasteiger partial charge in [0.05, 0.1) is 11.0 Å². The molecular weight excluding hydrogens is 392 g/mol. The Bertz CT molecular complexity index is 932. The second-order valence-corrected chi connectivity index (χ2v) is 6.19. The predicted molar refractivity (Wildman–Crippen MR) is 97.7 cm³/mol. The second kappa shape index (κ2) is 8.57. The third-order valence-corrected chi connectivity index (χ3v) is 4.03. The van der Waals surface area contributed by atoms with Gasteiger partial charge in [-0.25, -0.2) is 4.79 Å². The number of nitro benzene ring substituents is 1. The molecule has 0 bridgehead atoms. The molecule has 0 spiro atoms. The Morgan fingerprint density at radius 2 is 1.89 bits per heavy atom. The zero-order chi connectivity index (χ0) is 20.1. The van der Waals surface area contributed by atoms with Crippen molar-refractivity contribution in [1.29, 1.82) is 0 Å². The predicted octanol–water partition coefficient (Wildman–Crippen LogP) is 2.49. The van der Waals surface area contributed by atoms with Crippen molar-refractivity contribution in [2.24, 2.45) is 0 Å². The fraction of sp³-hybridized carbons (Fsp3) is 0.222. The molecule has 0 unspecified atom stereocenters. The topological polar surface area (TPSA) is 117 Å². The number of esters is 1. The Balaban J connectivity index is 1.62. The van der Waals surface area contributed by atoms with Crippen LogP contribution in [-0.4, -0.2) is 36.6 Å². The lowest BCUT2D eigenvalue weighted by molar-refractivity contribution is -0.385. The van der Waals surface area contributed by atoms with E-state index in [1.165, 1.54) is 6.07 Å². The van der Waals surface area contributed by atoms with E-state index >= 15 is 0 Å². The minimum Gasteiger partial charge on any atom is -0.486 e. The van der Waals surface area contributed by atoms with Crippen LogP contribution in [-0.2, 0) is 16.1 Å². The highest BCUT2D eigenvalue weighted by molar-refractivity contribution is 6.30.